The largest absolute Gasteiger partial charge is 0.380 e. The molecule has 0 bridgehead atoms. The highest BCUT2D eigenvalue weighted by molar-refractivity contribution is 5.62. The Morgan fingerprint density at radius 2 is 2.00 bits per heavy atom. The zero-order chi connectivity index (χ0) is 15.3. The van der Waals surface area contributed by atoms with Crippen LogP contribution >= 0.6 is 0 Å². The molecule has 0 aliphatic carbocycles. The van der Waals surface area contributed by atoms with Gasteiger partial charge in [0.2, 0.25) is 0 Å². The molecule has 0 unspecified atom stereocenters. The highest BCUT2D eigenvalue weighted by Gasteiger charge is 2.16. The molecule has 0 atom stereocenters. The fraction of sp³-hybridized carbons (Fsp3) is 0.600. The van der Waals surface area contributed by atoms with Gasteiger partial charge in [-0.15, -0.1) is 0 Å². The van der Waals surface area contributed by atoms with Gasteiger partial charge in [0, 0.05) is 25.7 Å². The summed E-state index contributed by atoms with van der Waals surface area (Å²) in [6.45, 7) is 11.0. The van der Waals surface area contributed by atoms with Crippen LogP contribution in [-0.2, 0) is 6.54 Å². The molecule has 0 aromatic heterocycles. The molecule has 1 aromatic carbocycles. The molecule has 0 amide bonds. The standard InChI is InChI=1S/C15H25N3O2/c1-6-16-13-9-12(7-8-14(13)18(19)20)10-17(5)11-15(2,3)4/h7-9,16H,6,10-11H2,1-5H3. The van der Waals surface area contributed by atoms with Gasteiger partial charge in [0.25, 0.3) is 5.69 Å². The number of nitrogens with zero attached hydrogens (tertiary/aromatic N) is 2. The summed E-state index contributed by atoms with van der Waals surface area (Å²) in [5, 5.41) is 14.0. The van der Waals surface area contributed by atoms with E-state index >= 15 is 0 Å². The molecule has 0 spiro atoms. The Labute approximate surface area is 121 Å². The van der Waals surface area contributed by atoms with Crippen LogP contribution in [0.4, 0.5) is 11.4 Å². The van der Waals surface area contributed by atoms with E-state index in [1.54, 1.807) is 6.07 Å². The highest BCUT2D eigenvalue weighted by atomic mass is 16.6. The smallest absolute Gasteiger partial charge is 0.292 e. The fourth-order valence-corrected chi connectivity index (χ4v) is 2.35. The van der Waals surface area contributed by atoms with E-state index in [1.807, 2.05) is 19.1 Å². The SMILES string of the molecule is CCNc1cc(CN(C)CC(C)(C)C)ccc1[N+](=O)[O-]. The van der Waals surface area contributed by atoms with Crippen molar-refractivity contribution in [1.29, 1.82) is 0 Å². The quantitative estimate of drug-likeness (QED) is 0.639. The number of nitro benzene ring substituents is 1. The van der Waals surface area contributed by atoms with Crippen molar-refractivity contribution in [3.05, 3.63) is 33.9 Å². The number of benzene rings is 1. The number of nitro groups is 1. The molecular formula is C15H25N3O2. The Bertz CT molecular complexity index is 467. The van der Waals surface area contributed by atoms with Gasteiger partial charge in [-0.25, -0.2) is 0 Å². The van der Waals surface area contributed by atoms with E-state index in [9.17, 15) is 10.1 Å². The summed E-state index contributed by atoms with van der Waals surface area (Å²) in [5.74, 6) is 0. The van der Waals surface area contributed by atoms with Crippen LogP contribution in [0.5, 0.6) is 0 Å². The maximum Gasteiger partial charge on any atom is 0.292 e. The monoisotopic (exact) mass is 279 g/mol. The minimum absolute atomic E-state index is 0.133. The minimum atomic E-state index is -0.347. The Morgan fingerprint density at radius 3 is 2.50 bits per heavy atom. The summed E-state index contributed by atoms with van der Waals surface area (Å²) in [5.41, 5.74) is 2.05. The van der Waals surface area contributed by atoms with Gasteiger partial charge in [0.1, 0.15) is 5.69 Å². The third-order valence-electron chi connectivity index (χ3n) is 2.82. The Kier molecular flexibility index (Phi) is 5.51. The zero-order valence-electron chi connectivity index (χ0n) is 13.1. The van der Waals surface area contributed by atoms with Gasteiger partial charge in [-0.2, -0.15) is 0 Å². The summed E-state index contributed by atoms with van der Waals surface area (Å²) in [4.78, 5) is 12.9. The molecule has 0 fully saturated rings. The lowest BCUT2D eigenvalue weighted by molar-refractivity contribution is -0.384. The number of rotatable bonds is 6. The van der Waals surface area contributed by atoms with Gasteiger partial charge < -0.3 is 10.2 Å². The molecule has 5 nitrogen and oxygen atoms in total. The van der Waals surface area contributed by atoms with Crippen molar-refractivity contribution in [3.8, 4) is 0 Å². The average Bonchev–Trinajstić information content (AvgIpc) is 2.26. The van der Waals surface area contributed by atoms with E-state index in [2.05, 4.69) is 38.0 Å². The third-order valence-corrected chi connectivity index (χ3v) is 2.82. The van der Waals surface area contributed by atoms with E-state index in [0.717, 1.165) is 18.7 Å². The van der Waals surface area contributed by atoms with Crippen molar-refractivity contribution in [2.24, 2.45) is 5.41 Å². The van der Waals surface area contributed by atoms with E-state index in [-0.39, 0.29) is 16.0 Å². The lowest BCUT2D eigenvalue weighted by Gasteiger charge is -2.26. The third kappa shape index (κ3) is 5.17. The molecule has 1 N–H and O–H groups in total. The van der Waals surface area contributed by atoms with Crippen LogP contribution in [0.25, 0.3) is 0 Å². The van der Waals surface area contributed by atoms with E-state index in [4.69, 9.17) is 0 Å². The fourth-order valence-electron chi connectivity index (χ4n) is 2.35. The second-order valence-electron chi connectivity index (χ2n) is 6.37. The number of nitrogens with one attached hydrogen (secondary N) is 1. The first-order chi connectivity index (χ1) is 9.23. The van der Waals surface area contributed by atoms with Gasteiger partial charge in [-0.05, 0) is 31.0 Å². The average molecular weight is 279 g/mol. The molecular weight excluding hydrogens is 254 g/mol. The second-order valence-corrected chi connectivity index (χ2v) is 6.37. The van der Waals surface area contributed by atoms with Gasteiger partial charge in [-0.3, -0.25) is 10.1 Å². The number of hydrogen-bond acceptors (Lipinski definition) is 4. The van der Waals surface area contributed by atoms with Crippen LogP contribution in [0.3, 0.4) is 0 Å². The summed E-state index contributed by atoms with van der Waals surface area (Å²) < 4.78 is 0. The van der Waals surface area contributed by atoms with Crippen molar-refractivity contribution < 1.29 is 4.92 Å². The number of anilines is 1. The Hall–Kier alpha value is -1.62. The van der Waals surface area contributed by atoms with Gasteiger partial charge >= 0.3 is 0 Å². The lowest BCUT2D eigenvalue weighted by Crippen LogP contribution is -2.28. The maximum atomic E-state index is 11.0. The summed E-state index contributed by atoms with van der Waals surface area (Å²) in [7, 11) is 2.07. The predicted octanol–water partition coefficient (Wildman–Crippen LogP) is 3.50. The number of hydrogen-bond donors (Lipinski definition) is 1. The van der Waals surface area contributed by atoms with Crippen LogP contribution in [0, 0.1) is 15.5 Å². The summed E-state index contributed by atoms with van der Waals surface area (Å²) in [6.07, 6.45) is 0. The molecule has 20 heavy (non-hydrogen) atoms. The first-order valence-electron chi connectivity index (χ1n) is 6.92. The van der Waals surface area contributed by atoms with Crippen LogP contribution in [0.15, 0.2) is 18.2 Å². The Morgan fingerprint density at radius 1 is 1.35 bits per heavy atom. The molecule has 1 aromatic rings. The molecule has 0 saturated heterocycles. The van der Waals surface area contributed by atoms with Crippen molar-refractivity contribution in [1.82, 2.24) is 4.90 Å². The summed E-state index contributed by atoms with van der Waals surface area (Å²) in [6, 6.07) is 5.29. The van der Waals surface area contributed by atoms with Crippen molar-refractivity contribution in [3.63, 3.8) is 0 Å². The first kappa shape index (κ1) is 16.4. The first-order valence-corrected chi connectivity index (χ1v) is 6.92. The van der Waals surface area contributed by atoms with E-state index in [0.29, 0.717) is 12.2 Å². The van der Waals surface area contributed by atoms with Gasteiger partial charge in [0.15, 0.2) is 0 Å². The topological polar surface area (TPSA) is 58.4 Å². The molecule has 0 saturated carbocycles. The van der Waals surface area contributed by atoms with Crippen LogP contribution in [-0.4, -0.2) is 30.0 Å². The maximum absolute atomic E-state index is 11.0. The van der Waals surface area contributed by atoms with Crippen LogP contribution in [0.1, 0.15) is 33.3 Å². The highest BCUT2D eigenvalue weighted by Crippen LogP contribution is 2.26. The summed E-state index contributed by atoms with van der Waals surface area (Å²) >= 11 is 0. The molecule has 0 heterocycles. The molecule has 0 aliphatic rings. The Balaban J connectivity index is 2.86. The van der Waals surface area contributed by atoms with Crippen LogP contribution in [0.2, 0.25) is 0 Å². The van der Waals surface area contributed by atoms with Crippen molar-refractivity contribution >= 4 is 11.4 Å². The molecule has 112 valence electrons. The van der Waals surface area contributed by atoms with Gasteiger partial charge in [0.05, 0.1) is 4.92 Å². The molecule has 5 heteroatoms. The van der Waals surface area contributed by atoms with E-state index < -0.39 is 0 Å². The van der Waals surface area contributed by atoms with Crippen molar-refractivity contribution in [2.75, 3.05) is 25.5 Å². The predicted molar refractivity (Wildman–Crippen MR) is 83.0 cm³/mol. The molecule has 0 aliphatic heterocycles. The van der Waals surface area contributed by atoms with E-state index in [1.165, 1.54) is 0 Å². The second kappa shape index (κ2) is 6.70. The minimum Gasteiger partial charge on any atom is -0.380 e. The molecule has 0 radical (unpaired) electrons. The van der Waals surface area contributed by atoms with Crippen molar-refractivity contribution in [2.45, 2.75) is 34.2 Å². The van der Waals surface area contributed by atoms with Crippen LogP contribution < -0.4 is 5.32 Å². The normalized spacial score (nSPS) is 11.7. The zero-order valence-corrected chi connectivity index (χ0v) is 13.1. The lowest BCUT2D eigenvalue weighted by atomic mass is 9.96. The van der Waals surface area contributed by atoms with Gasteiger partial charge in [-0.1, -0.05) is 26.8 Å². The molecule has 1 rings (SSSR count).